The Morgan fingerprint density at radius 3 is 2.68 bits per heavy atom. The molecule has 7 nitrogen and oxygen atoms in total. The van der Waals surface area contributed by atoms with Gasteiger partial charge in [-0.25, -0.2) is 5.43 Å². The van der Waals surface area contributed by atoms with Gasteiger partial charge < -0.3 is 15.1 Å². The number of hydrazine groups is 1. The van der Waals surface area contributed by atoms with E-state index in [2.05, 4.69) is 16.2 Å². The number of benzene rings is 1. The lowest BCUT2D eigenvalue weighted by Gasteiger charge is -2.30. The van der Waals surface area contributed by atoms with Crippen LogP contribution in [0.2, 0.25) is 5.02 Å². The van der Waals surface area contributed by atoms with Crippen molar-refractivity contribution in [3.8, 4) is 0 Å². The van der Waals surface area contributed by atoms with Gasteiger partial charge in [0.1, 0.15) is 6.04 Å². The summed E-state index contributed by atoms with van der Waals surface area (Å²) in [4.78, 5) is 29.6. The topological polar surface area (TPSA) is 76.7 Å². The molecule has 0 radical (unpaired) electrons. The summed E-state index contributed by atoms with van der Waals surface area (Å²) in [7, 11) is 0. The van der Waals surface area contributed by atoms with Crippen molar-refractivity contribution < 1.29 is 9.59 Å². The molecular weight excluding hydrogens is 401 g/mol. The zero-order chi connectivity index (χ0) is 18.8. The van der Waals surface area contributed by atoms with E-state index in [4.69, 9.17) is 11.6 Å². The minimum absolute atomic E-state index is 0. The molecule has 3 unspecified atom stereocenters. The number of rotatable bonds is 2. The second-order valence-electron chi connectivity index (χ2n) is 7.51. The fourth-order valence-corrected chi connectivity index (χ4v) is 4.49. The van der Waals surface area contributed by atoms with E-state index >= 15 is 0 Å². The van der Waals surface area contributed by atoms with Crippen LogP contribution in [0.15, 0.2) is 24.3 Å². The third kappa shape index (κ3) is 4.44. The molecule has 28 heavy (non-hydrogen) atoms. The van der Waals surface area contributed by atoms with Crippen molar-refractivity contribution in [2.45, 2.75) is 24.9 Å². The molecule has 3 N–H and O–H groups in total. The number of carbonyl (C=O) groups is 2. The molecule has 154 valence electrons. The van der Waals surface area contributed by atoms with Crippen LogP contribution in [0.4, 0.5) is 0 Å². The molecule has 0 aromatic heterocycles. The summed E-state index contributed by atoms with van der Waals surface area (Å²) in [5, 5.41) is 3.94. The zero-order valence-electron chi connectivity index (χ0n) is 15.7. The minimum atomic E-state index is -0.196. The van der Waals surface area contributed by atoms with Crippen molar-refractivity contribution in [1.82, 2.24) is 26.0 Å². The van der Waals surface area contributed by atoms with Gasteiger partial charge in [0.2, 0.25) is 5.91 Å². The average Bonchev–Trinajstić information content (AvgIpc) is 2.96. The number of nitrogens with one attached hydrogen (secondary N) is 3. The molecule has 3 aliphatic rings. The Kier molecular flexibility index (Phi) is 7.17. The molecule has 3 fully saturated rings. The van der Waals surface area contributed by atoms with E-state index in [1.54, 1.807) is 24.3 Å². The quantitative estimate of drug-likeness (QED) is 0.653. The summed E-state index contributed by atoms with van der Waals surface area (Å²) >= 11 is 6.01. The zero-order valence-corrected chi connectivity index (χ0v) is 17.3. The van der Waals surface area contributed by atoms with Crippen molar-refractivity contribution in [1.29, 1.82) is 0 Å². The Labute approximate surface area is 176 Å². The van der Waals surface area contributed by atoms with Gasteiger partial charge in [-0.3, -0.25) is 15.0 Å². The lowest BCUT2D eigenvalue weighted by atomic mass is 9.89. The lowest BCUT2D eigenvalue weighted by Crippen LogP contribution is -2.51. The summed E-state index contributed by atoms with van der Waals surface area (Å²) in [6, 6.07) is 7.19. The monoisotopic (exact) mass is 427 g/mol. The molecule has 4 rings (SSSR count). The van der Waals surface area contributed by atoms with Crippen LogP contribution in [0.25, 0.3) is 0 Å². The van der Waals surface area contributed by atoms with E-state index < -0.39 is 0 Å². The first-order chi connectivity index (χ1) is 13.1. The largest absolute Gasteiger partial charge is 0.339 e. The molecule has 3 atom stereocenters. The van der Waals surface area contributed by atoms with Crippen molar-refractivity contribution in [2.24, 2.45) is 5.92 Å². The first kappa shape index (κ1) is 21.3. The number of piperidine rings is 1. The van der Waals surface area contributed by atoms with Gasteiger partial charge in [-0.1, -0.05) is 17.7 Å². The molecule has 0 bridgehead atoms. The number of amides is 2. The molecule has 0 spiro atoms. The maximum absolute atomic E-state index is 13.1. The summed E-state index contributed by atoms with van der Waals surface area (Å²) in [5.74, 6) is 0.387. The molecule has 1 aromatic carbocycles. The van der Waals surface area contributed by atoms with Crippen molar-refractivity contribution in [3.63, 3.8) is 0 Å². The number of fused-ring (bicyclic) bond motifs is 1. The first-order valence-corrected chi connectivity index (χ1v) is 10.1. The lowest BCUT2D eigenvalue weighted by molar-refractivity contribution is -0.134. The number of hydrogen-bond acceptors (Lipinski definition) is 5. The van der Waals surface area contributed by atoms with E-state index in [1.165, 1.54) is 0 Å². The second-order valence-corrected chi connectivity index (χ2v) is 7.95. The maximum atomic E-state index is 13.1. The standard InChI is InChI=1S/C19H26ClN5O2.ClH/c20-14-4-1-3-13(11-14)18(26)24-7-2-8-25(10-9-24)19(27)17-15-12-21-6-5-16(15)22-23-17;/h1,3-4,11,15-17,21-23H,2,5-10,12H2;1H. The predicted molar refractivity (Wildman–Crippen MR) is 111 cm³/mol. The predicted octanol–water partition coefficient (Wildman–Crippen LogP) is 0.891. The highest BCUT2D eigenvalue weighted by Gasteiger charge is 2.42. The third-order valence-corrected chi connectivity index (χ3v) is 6.05. The van der Waals surface area contributed by atoms with Gasteiger partial charge >= 0.3 is 0 Å². The Morgan fingerprint density at radius 2 is 1.86 bits per heavy atom. The van der Waals surface area contributed by atoms with Crippen LogP contribution in [-0.4, -0.2) is 73.0 Å². The van der Waals surface area contributed by atoms with Gasteiger partial charge in [0.25, 0.3) is 5.91 Å². The summed E-state index contributed by atoms with van der Waals surface area (Å²) in [6.07, 6.45) is 1.81. The highest BCUT2D eigenvalue weighted by atomic mass is 35.5. The minimum Gasteiger partial charge on any atom is -0.339 e. The van der Waals surface area contributed by atoms with E-state index in [1.807, 2.05) is 9.80 Å². The number of hydrogen-bond donors (Lipinski definition) is 3. The third-order valence-electron chi connectivity index (χ3n) is 5.81. The molecule has 3 saturated heterocycles. The molecule has 0 aliphatic carbocycles. The molecule has 3 aliphatic heterocycles. The SMILES string of the molecule is Cl.O=C(c1cccc(Cl)c1)N1CCCN(C(=O)C2NNC3CCNCC32)CC1. The molecular formula is C19H27Cl2N5O2. The van der Waals surface area contributed by atoms with E-state index in [0.717, 1.165) is 25.9 Å². The maximum Gasteiger partial charge on any atom is 0.253 e. The molecule has 2 amide bonds. The van der Waals surface area contributed by atoms with E-state index in [9.17, 15) is 9.59 Å². The summed E-state index contributed by atoms with van der Waals surface area (Å²) < 4.78 is 0. The molecule has 1 aromatic rings. The Hall–Kier alpha value is -1.38. The Balaban J connectivity index is 0.00000225. The van der Waals surface area contributed by atoms with Gasteiger partial charge in [0.15, 0.2) is 0 Å². The van der Waals surface area contributed by atoms with Crippen LogP contribution in [0, 0.1) is 5.92 Å². The van der Waals surface area contributed by atoms with Crippen LogP contribution >= 0.6 is 24.0 Å². The van der Waals surface area contributed by atoms with Gasteiger partial charge in [-0.2, -0.15) is 0 Å². The van der Waals surface area contributed by atoms with Crippen molar-refractivity contribution in [3.05, 3.63) is 34.9 Å². The first-order valence-electron chi connectivity index (χ1n) is 9.69. The molecule has 9 heteroatoms. The number of nitrogens with zero attached hydrogens (tertiary/aromatic N) is 2. The second kappa shape index (κ2) is 9.41. The Morgan fingerprint density at radius 1 is 1.07 bits per heavy atom. The smallest absolute Gasteiger partial charge is 0.253 e. The highest BCUT2D eigenvalue weighted by Crippen LogP contribution is 2.22. The van der Waals surface area contributed by atoms with Crippen LogP contribution in [0.3, 0.4) is 0 Å². The van der Waals surface area contributed by atoms with Gasteiger partial charge in [-0.05, 0) is 37.6 Å². The normalized spacial score (nSPS) is 27.5. The van der Waals surface area contributed by atoms with Crippen LogP contribution in [0.5, 0.6) is 0 Å². The molecule has 0 saturated carbocycles. The van der Waals surface area contributed by atoms with Crippen LogP contribution in [-0.2, 0) is 4.79 Å². The fraction of sp³-hybridized carbons (Fsp3) is 0.579. The van der Waals surface area contributed by atoms with E-state index in [0.29, 0.717) is 42.8 Å². The summed E-state index contributed by atoms with van der Waals surface area (Å²) in [6.45, 7) is 4.29. The van der Waals surface area contributed by atoms with Crippen LogP contribution in [0.1, 0.15) is 23.2 Å². The fourth-order valence-electron chi connectivity index (χ4n) is 4.30. The average molecular weight is 428 g/mol. The number of halogens is 2. The van der Waals surface area contributed by atoms with Gasteiger partial charge in [0, 0.05) is 55.3 Å². The number of carbonyl (C=O) groups excluding carboxylic acids is 2. The van der Waals surface area contributed by atoms with Crippen molar-refractivity contribution in [2.75, 3.05) is 39.3 Å². The summed E-state index contributed by atoms with van der Waals surface area (Å²) in [5.41, 5.74) is 7.09. The Bertz CT molecular complexity index is 719. The van der Waals surface area contributed by atoms with Crippen molar-refractivity contribution >= 4 is 35.8 Å². The van der Waals surface area contributed by atoms with E-state index in [-0.39, 0.29) is 36.2 Å². The molecule has 3 heterocycles. The van der Waals surface area contributed by atoms with Crippen LogP contribution < -0.4 is 16.2 Å². The highest BCUT2D eigenvalue weighted by molar-refractivity contribution is 6.30. The van der Waals surface area contributed by atoms with Gasteiger partial charge in [0.05, 0.1) is 0 Å². The van der Waals surface area contributed by atoms with Gasteiger partial charge in [-0.15, -0.1) is 12.4 Å².